The Bertz CT molecular complexity index is 1780. The Morgan fingerprint density at radius 1 is 1.02 bits per heavy atom. The van der Waals surface area contributed by atoms with Gasteiger partial charge in [-0.3, -0.25) is 5.32 Å². The maximum atomic E-state index is 15.0. The molecule has 0 aliphatic heterocycles. The molecule has 0 saturated heterocycles. The number of carbonyl (C=O) groups is 2. The van der Waals surface area contributed by atoms with Gasteiger partial charge in [0.15, 0.2) is 11.6 Å². The zero-order chi connectivity index (χ0) is 29.3. The molecule has 13 heteroatoms. The monoisotopic (exact) mass is 577 g/mol. The molecule has 3 aromatic heterocycles. The number of carbonyl (C=O) groups excluding carboxylic acids is 1. The number of carboxylic acid groups (broad SMARTS) is 1. The number of halogens is 1. The largest absolute Gasteiger partial charge is 0.484 e. The summed E-state index contributed by atoms with van der Waals surface area (Å²) in [6, 6.07) is 9.37. The number of pyridine rings is 1. The Balaban J connectivity index is 1.31. The smallest absolute Gasteiger partial charge is 0.412 e. The van der Waals surface area contributed by atoms with Gasteiger partial charge < -0.3 is 19.3 Å². The average molecular weight is 578 g/mol. The highest BCUT2D eigenvalue weighted by atomic mass is 32.1. The summed E-state index contributed by atoms with van der Waals surface area (Å²) in [5.41, 5.74) is 3.61. The van der Waals surface area contributed by atoms with Crippen LogP contribution in [0, 0.1) is 12.7 Å². The molecule has 0 saturated carbocycles. The van der Waals surface area contributed by atoms with Gasteiger partial charge >= 0.3 is 12.1 Å². The van der Waals surface area contributed by atoms with Crippen LogP contribution in [-0.2, 0) is 4.74 Å². The summed E-state index contributed by atoms with van der Waals surface area (Å²) in [4.78, 5) is 40.6. The molecule has 210 valence electrons. The molecule has 11 nitrogen and oxygen atoms in total. The molecule has 2 aromatic carbocycles. The summed E-state index contributed by atoms with van der Waals surface area (Å²) >= 11 is 1.36. The topological polar surface area (TPSA) is 146 Å². The van der Waals surface area contributed by atoms with E-state index in [0.29, 0.717) is 32.1 Å². The van der Waals surface area contributed by atoms with Crippen molar-refractivity contribution in [3.63, 3.8) is 0 Å². The van der Waals surface area contributed by atoms with E-state index in [1.165, 1.54) is 49.0 Å². The molecular weight excluding hydrogens is 553 g/mol. The molecule has 0 fully saturated rings. The fourth-order valence-corrected chi connectivity index (χ4v) is 4.94. The number of hydrogen-bond acceptors (Lipinski definition) is 10. The lowest BCUT2D eigenvalue weighted by molar-refractivity contribution is 0.0402. The molecule has 3 heterocycles. The van der Waals surface area contributed by atoms with E-state index in [-0.39, 0.29) is 17.1 Å². The average Bonchev–Trinajstić information content (AvgIpc) is 3.34. The summed E-state index contributed by atoms with van der Waals surface area (Å²) in [6.07, 6.45) is 0.469. The van der Waals surface area contributed by atoms with E-state index >= 15 is 4.39 Å². The second-order valence-corrected chi connectivity index (χ2v) is 10.2. The number of nitrogens with zero attached hydrogens (tertiary/aromatic N) is 4. The lowest BCUT2D eigenvalue weighted by Gasteiger charge is -2.22. The van der Waals surface area contributed by atoms with Gasteiger partial charge in [0.25, 0.3) is 0 Å². The molecular formula is C28H24FN5O6S. The number of hydrogen-bond donors (Lipinski definition) is 2. The van der Waals surface area contributed by atoms with E-state index in [1.807, 2.05) is 19.1 Å². The van der Waals surface area contributed by atoms with Crippen molar-refractivity contribution >= 4 is 50.3 Å². The quantitative estimate of drug-likeness (QED) is 0.230. The van der Waals surface area contributed by atoms with Crippen LogP contribution in [0.2, 0.25) is 0 Å². The predicted octanol–water partition coefficient (Wildman–Crippen LogP) is 5.86. The van der Waals surface area contributed by atoms with Crippen LogP contribution in [0.4, 0.5) is 14.9 Å². The van der Waals surface area contributed by atoms with Crippen molar-refractivity contribution in [1.29, 1.82) is 0 Å². The van der Waals surface area contributed by atoms with Crippen LogP contribution < -0.4 is 14.8 Å². The highest BCUT2D eigenvalue weighted by Crippen LogP contribution is 2.37. The third-order valence-corrected chi connectivity index (χ3v) is 7.20. The Morgan fingerprint density at radius 2 is 1.83 bits per heavy atom. The number of amides is 1. The molecule has 5 rings (SSSR count). The van der Waals surface area contributed by atoms with Crippen molar-refractivity contribution in [3.8, 4) is 22.2 Å². The number of fused-ring (bicyclic) bond motifs is 2. The van der Waals surface area contributed by atoms with Crippen molar-refractivity contribution in [2.24, 2.45) is 0 Å². The number of aryl methyl sites for hydroxylation is 1. The molecule has 2 atom stereocenters. The summed E-state index contributed by atoms with van der Waals surface area (Å²) in [5, 5.41) is 12.0. The van der Waals surface area contributed by atoms with E-state index in [2.05, 4.69) is 25.3 Å². The lowest BCUT2D eigenvalue weighted by atomic mass is 10.1. The van der Waals surface area contributed by atoms with E-state index in [4.69, 9.17) is 19.3 Å². The fraction of sp³-hybridized carbons (Fsp3) is 0.214. The van der Waals surface area contributed by atoms with Gasteiger partial charge in [-0.15, -0.1) is 11.3 Å². The van der Waals surface area contributed by atoms with Gasteiger partial charge in [-0.25, -0.2) is 33.9 Å². The first-order valence-corrected chi connectivity index (χ1v) is 13.2. The van der Waals surface area contributed by atoms with Gasteiger partial charge in [-0.1, -0.05) is 0 Å². The summed E-state index contributed by atoms with van der Waals surface area (Å²) < 4.78 is 32.1. The number of thiazole rings is 1. The predicted molar refractivity (Wildman–Crippen MR) is 150 cm³/mol. The third kappa shape index (κ3) is 5.99. The first-order valence-electron chi connectivity index (χ1n) is 12.4. The number of ether oxygens (including phenoxy) is 3. The first kappa shape index (κ1) is 27.6. The van der Waals surface area contributed by atoms with Gasteiger partial charge in [0.2, 0.25) is 5.88 Å². The van der Waals surface area contributed by atoms with Crippen LogP contribution in [0.3, 0.4) is 0 Å². The second kappa shape index (κ2) is 11.3. The van der Waals surface area contributed by atoms with Crippen molar-refractivity contribution in [2.75, 3.05) is 12.4 Å². The molecule has 0 aliphatic carbocycles. The standard InChI is InChI=1S/C28H24FN5O6S/c1-13-7-17(25-21(8-13)33-24(38-4)12-31-25)26-34-20-9-18(29)22(10-23(20)41-26)39-14(2)15(3)40-28(37)32-16-5-6-19(27(35)36)30-11-16/h5-12,14-15H,1-4H3,(H,32,37)(H,35,36)/t14-,15+/m0/s1. The maximum Gasteiger partial charge on any atom is 0.412 e. The van der Waals surface area contributed by atoms with Crippen LogP contribution in [0.25, 0.3) is 31.8 Å². The molecule has 5 aromatic rings. The zero-order valence-corrected chi connectivity index (χ0v) is 23.2. The summed E-state index contributed by atoms with van der Waals surface area (Å²) in [6.45, 7) is 5.20. The Kier molecular flexibility index (Phi) is 7.62. The van der Waals surface area contributed by atoms with Crippen molar-refractivity contribution < 1.29 is 33.3 Å². The molecule has 1 amide bonds. The summed E-state index contributed by atoms with van der Waals surface area (Å²) in [5.74, 6) is -1.40. The number of aromatic carboxylic acids is 1. The molecule has 41 heavy (non-hydrogen) atoms. The van der Waals surface area contributed by atoms with Crippen LogP contribution in [0.5, 0.6) is 11.6 Å². The number of anilines is 1. The molecule has 0 bridgehead atoms. The van der Waals surface area contributed by atoms with Crippen LogP contribution >= 0.6 is 11.3 Å². The third-order valence-electron chi connectivity index (χ3n) is 6.15. The number of methoxy groups -OCH3 is 1. The minimum absolute atomic E-state index is 0.0110. The van der Waals surface area contributed by atoms with E-state index in [1.54, 1.807) is 19.9 Å². The second-order valence-electron chi connectivity index (χ2n) is 9.16. The lowest BCUT2D eigenvalue weighted by Crippen LogP contribution is -2.32. The fourth-order valence-electron chi connectivity index (χ4n) is 3.95. The Labute approximate surface area is 237 Å². The SMILES string of the molecule is COc1cnc2c(-c3nc4cc(F)c(O[C@@H](C)[C@@H](C)OC(=O)Nc5ccc(C(=O)O)nc5)cc4s3)cc(C)cc2n1. The molecule has 0 unspecified atom stereocenters. The minimum Gasteiger partial charge on any atom is -0.484 e. The highest BCUT2D eigenvalue weighted by Gasteiger charge is 2.22. The van der Waals surface area contributed by atoms with E-state index in [0.717, 1.165) is 11.1 Å². The number of nitrogens with one attached hydrogen (secondary N) is 1. The molecule has 0 spiro atoms. The maximum absolute atomic E-state index is 15.0. The van der Waals surface area contributed by atoms with Gasteiger partial charge in [0.1, 0.15) is 22.9 Å². The van der Waals surface area contributed by atoms with Crippen LogP contribution in [0.15, 0.2) is 48.8 Å². The highest BCUT2D eigenvalue weighted by molar-refractivity contribution is 7.21. The Morgan fingerprint density at radius 3 is 2.54 bits per heavy atom. The van der Waals surface area contributed by atoms with Gasteiger partial charge in [0.05, 0.1) is 46.4 Å². The zero-order valence-electron chi connectivity index (χ0n) is 22.3. The van der Waals surface area contributed by atoms with E-state index < -0.39 is 30.1 Å². The van der Waals surface area contributed by atoms with Gasteiger partial charge in [0, 0.05) is 17.7 Å². The number of carboxylic acids is 1. The van der Waals surface area contributed by atoms with E-state index in [9.17, 15) is 9.59 Å². The van der Waals surface area contributed by atoms with Gasteiger partial charge in [-0.2, -0.15) is 0 Å². The number of benzene rings is 2. The number of aromatic nitrogens is 4. The Hall–Kier alpha value is -4.91. The van der Waals surface area contributed by atoms with Gasteiger partial charge in [-0.05, 0) is 50.6 Å². The van der Waals surface area contributed by atoms with Crippen molar-refractivity contribution in [2.45, 2.75) is 33.0 Å². The molecule has 0 radical (unpaired) electrons. The van der Waals surface area contributed by atoms with Crippen molar-refractivity contribution in [3.05, 3.63) is 65.9 Å². The van der Waals surface area contributed by atoms with Crippen molar-refractivity contribution in [1.82, 2.24) is 19.9 Å². The van der Waals surface area contributed by atoms with Crippen LogP contribution in [0.1, 0.15) is 29.9 Å². The first-order chi connectivity index (χ1) is 19.6. The molecule has 2 N–H and O–H groups in total. The minimum atomic E-state index is -1.18. The molecule has 0 aliphatic rings. The summed E-state index contributed by atoms with van der Waals surface area (Å²) in [7, 11) is 1.53. The number of rotatable bonds is 8. The normalized spacial score (nSPS) is 12.6. The van der Waals surface area contributed by atoms with Crippen LogP contribution in [-0.4, -0.2) is 56.4 Å².